The maximum absolute atomic E-state index is 12.5. The highest BCUT2D eigenvalue weighted by molar-refractivity contribution is 6.58. The Morgan fingerprint density at radius 1 is 1.12 bits per heavy atom. The normalized spacial score (nSPS) is 11.2. The molecule has 0 fully saturated rings. The summed E-state index contributed by atoms with van der Waals surface area (Å²) in [6, 6.07) is 8.72. The van der Waals surface area contributed by atoms with Gasteiger partial charge in [0, 0.05) is 12.1 Å². The van der Waals surface area contributed by atoms with Gasteiger partial charge in [0.2, 0.25) is 0 Å². The van der Waals surface area contributed by atoms with Crippen LogP contribution < -0.4 is 10.8 Å². The van der Waals surface area contributed by atoms with E-state index in [4.69, 9.17) is 10.0 Å². The second kappa shape index (κ2) is 7.06. The molecular weight excluding hydrogens is 322 g/mol. The van der Waals surface area contributed by atoms with Crippen LogP contribution in [0.1, 0.15) is 27.0 Å². The Morgan fingerprint density at radius 3 is 2.25 bits per heavy atom. The Bertz CT molecular complexity index is 730. The molecule has 0 bridgehead atoms. The fourth-order valence-electron chi connectivity index (χ4n) is 2.17. The molecule has 126 valence electrons. The number of carbonyl (C=O) groups is 1. The van der Waals surface area contributed by atoms with Crippen LogP contribution in [0.25, 0.3) is 0 Å². The second-order valence-corrected chi connectivity index (χ2v) is 5.32. The predicted molar refractivity (Wildman–Crippen MR) is 83.6 cm³/mol. The monoisotopic (exact) mass is 337 g/mol. The van der Waals surface area contributed by atoms with Crippen molar-refractivity contribution >= 4 is 18.5 Å². The van der Waals surface area contributed by atoms with E-state index in [1.54, 1.807) is 19.1 Å². The molecule has 0 atom stereocenters. The lowest BCUT2D eigenvalue weighted by Gasteiger charge is -2.11. The van der Waals surface area contributed by atoms with Crippen molar-refractivity contribution in [1.29, 1.82) is 0 Å². The van der Waals surface area contributed by atoms with Gasteiger partial charge in [0.1, 0.15) is 0 Å². The molecule has 0 aromatic heterocycles. The van der Waals surface area contributed by atoms with Crippen LogP contribution in [0.3, 0.4) is 0 Å². The summed E-state index contributed by atoms with van der Waals surface area (Å²) in [5.74, 6) is -0.491. The summed E-state index contributed by atoms with van der Waals surface area (Å²) in [5, 5.41) is 20.8. The number of carbonyl (C=O) groups excluding carboxylic acids is 1. The number of alkyl halides is 3. The predicted octanol–water partition coefficient (Wildman–Crippen LogP) is 1.62. The molecule has 8 heteroatoms. The van der Waals surface area contributed by atoms with E-state index in [1.807, 2.05) is 0 Å². The first-order valence-electron chi connectivity index (χ1n) is 7.09. The Hall–Kier alpha value is -2.32. The summed E-state index contributed by atoms with van der Waals surface area (Å²) in [6.07, 6.45) is -4.44. The fraction of sp³-hybridized carbons (Fsp3) is 0.188. The fourth-order valence-corrected chi connectivity index (χ4v) is 2.17. The zero-order chi connectivity index (χ0) is 17.9. The Morgan fingerprint density at radius 2 is 1.75 bits per heavy atom. The molecule has 2 aromatic carbocycles. The van der Waals surface area contributed by atoms with Gasteiger partial charge in [-0.3, -0.25) is 4.79 Å². The average Bonchev–Trinajstić information content (AvgIpc) is 2.52. The minimum absolute atomic E-state index is 0.128. The van der Waals surface area contributed by atoms with Gasteiger partial charge in [-0.15, -0.1) is 0 Å². The number of nitrogens with one attached hydrogen (secondary N) is 1. The van der Waals surface area contributed by atoms with E-state index in [0.717, 1.165) is 35.4 Å². The highest BCUT2D eigenvalue weighted by atomic mass is 19.4. The van der Waals surface area contributed by atoms with Gasteiger partial charge in [0.25, 0.3) is 5.91 Å². The zero-order valence-corrected chi connectivity index (χ0v) is 12.8. The van der Waals surface area contributed by atoms with Gasteiger partial charge < -0.3 is 15.4 Å². The Kier molecular flexibility index (Phi) is 5.31. The number of rotatable bonds is 4. The second-order valence-electron chi connectivity index (χ2n) is 5.32. The molecule has 4 nitrogen and oxygen atoms in total. The Labute approximate surface area is 137 Å². The maximum Gasteiger partial charge on any atom is 0.488 e. The molecule has 0 unspecified atom stereocenters. The lowest BCUT2D eigenvalue weighted by Crippen LogP contribution is -2.30. The number of halogens is 3. The molecule has 0 saturated heterocycles. The summed E-state index contributed by atoms with van der Waals surface area (Å²) in [5.41, 5.74) is 1.18. The summed E-state index contributed by atoms with van der Waals surface area (Å²) in [6.45, 7) is 1.93. The lowest BCUT2D eigenvalue weighted by atomic mass is 9.79. The van der Waals surface area contributed by atoms with Crippen LogP contribution >= 0.6 is 0 Å². The smallest absolute Gasteiger partial charge is 0.423 e. The van der Waals surface area contributed by atoms with Crippen molar-refractivity contribution in [3.63, 3.8) is 0 Å². The zero-order valence-electron chi connectivity index (χ0n) is 12.8. The lowest BCUT2D eigenvalue weighted by molar-refractivity contribution is -0.137. The minimum atomic E-state index is -4.44. The first-order chi connectivity index (χ1) is 11.2. The molecule has 0 spiro atoms. The van der Waals surface area contributed by atoms with E-state index in [0.29, 0.717) is 5.46 Å². The van der Waals surface area contributed by atoms with Crippen molar-refractivity contribution in [2.45, 2.75) is 19.6 Å². The van der Waals surface area contributed by atoms with E-state index in [9.17, 15) is 18.0 Å². The van der Waals surface area contributed by atoms with E-state index in [1.165, 1.54) is 6.07 Å². The van der Waals surface area contributed by atoms with E-state index < -0.39 is 24.8 Å². The van der Waals surface area contributed by atoms with Gasteiger partial charge in [-0.25, -0.2) is 0 Å². The largest absolute Gasteiger partial charge is 0.488 e. The molecule has 0 radical (unpaired) electrons. The third-order valence-corrected chi connectivity index (χ3v) is 3.58. The third kappa shape index (κ3) is 4.36. The van der Waals surface area contributed by atoms with Gasteiger partial charge >= 0.3 is 13.3 Å². The van der Waals surface area contributed by atoms with Crippen LogP contribution in [-0.4, -0.2) is 23.1 Å². The van der Waals surface area contributed by atoms with Crippen LogP contribution in [0.15, 0.2) is 42.5 Å². The minimum Gasteiger partial charge on any atom is -0.423 e. The maximum atomic E-state index is 12.5. The van der Waals surface area contributed by atoms with Crippen molar-refractivity contribution in [3.8, 4) is 0 Å². The molecule has 1 amide bonds. The molecule has 3 N–H and O–H groups in total. The number of hydrogen-bond acceptors (Lipinski definition) is 3. The standard InChI is InChI=1S/C16H15BF3NO3/c1-10-8-14(17(23)24)7-4-12(10)9-21-15(22)11-2-5-13(6-3-11)16(18,19)20/h2-8,23-24H,9H2,1H3,(H,21,22). The molecular formula is C16H15BF3NO3. The van der Waals surface area contributed by atoms with Crippen LogP contribution in [0.4, 0.5) is 13.2 Å². The molecule has 2 rings (SSSR count). The quantitative estimate of drug-likeness (QED) is 0.743. The molecule has 2 aromatic rings. The van der Waals surface area contributed by atoms with Crippen molar-refractivity contribution in [2.75, 3.05) is 0 Å². The molecule has 0 aliphatic carbocycles. The van der Waals surface area contributed by atoms with Crippen molar-refractivity contribution in [3.05, 3.63) is 64.7 Å². The first kappa shape index (κ1) is 18.0. The summed E-state index contributed by atoms with van der Waals surface area (Å²) < 4.78 is 37.5. The van der Waals surface area contributed by atoms with E-state index in [-0.39, 0.29) is 12.1 Å². The molecule has 0 heterocycles. The number of aryl methyl sites for hydroxylation is 1. The van der Waals surface area contributed by atoms with Gasteiger partial charge in [-0.1, -0.05) is 18.2 Å². The van der Waals surface area contributed by atoms with Crippen molar-refractivity contribution in [1.82, 2.24) is 5.32 Å². The van der Waals surface area contributed by atoms with E-state index in [2.05, 4.69) is 5.32 Å². The average molecular weight is 337 g/mol. The number of benzene rings is 2. The van der Waals surface area contributed by atoms with Gasteiger partial charge in [-0.05, 0) is 47.8 Å². The number of hydrogen-bond donors (Lipinski definition) is 3. The van der Waals surface area contributed by atoms with Crippen molar-refractivity contribution in [2.24, 2.45) is 0 Å². The summed E-state index contributed by atoms with van der Waals surface area (Å²) >= 11 is 0. The molecule has 0 aliphatic heterocycles. The first-order valence-corrected chi connectivity index (χ1v) is 7.09. The topological polar surface area (TPSA) is 69.6 Å². The van der Waals surface area contributed by atoms with Crippen molar-refractivity contribution < 1.29 is 28.0 Å². The highest BCUT2D eigenvalue weighted by Gasteiger charge is 2.30. The highest BCUT2D eigenvalue weighted by Crippen LogP contribution is 2.29. The van der Waals surface area contributed by atoms with Crippen LogP contribution in [-0.2, 0) is 12.7 Å². The van der Waals surface area contributed by atoms with Gasteiger partial charge in [0.15, 0.2) is 0 Å². The Balaban J connectivity index is 2.03. The molecule has 0 saturated carbocycles. The molecule has 24 heavy (non-hydrogen) atoms. The molecule has 0 aliphatic rings. The van der Waals surface area contributed by atoms with Gasteiger partial charge in [-0.2, -0.15) is 13.2 Å². The SMILES string of the molecule is Cc1cc(B(O)O)ccc1CNC(=O)c1ccc(C(F)(F)F)cc1. The van der Waals surface area contributed by atoms with Crippen LogP contribution in [0, 0.1) is 6.92 Å². The van der Waals surface area contributed by atoms with Crippen LogP contribution in [0.2, 0.25) is 0 Å². The summed E-state index contributed by atoms with van der Waals surface area (Å²) in [7, 11) is -1.57. The van der Waals surface area contributed by atoms with Gasteiger partial charge in [0.05, 0.1) is 5.56 Å². The number of amides is 1. The van der Waals surface area contributed by atoms with Crippen LogP contribution in [0.5, 0.6) is 0 Å². The third-order valence-electron chi connectivity index (χ3n) is 3.58. The summed E-state index contributed by atoms with van der Waals surface area (Å²) in [4.78, 5) is 12.0. The van der Waals surface area contributed by atoms with E-state index >= 15 is 0 Å².